The van der Waals surface area contributed by atoms with Gasteiger partial charge in [-0.3, -0.25) is 0 Å². The van der Waals surface area contributed by atoms with Gasteiger partial charge in [-0.25, -0.2) is 0 Å². The molecule has 5 aromatic carbocycles. The molecule has 182 valence electrons. The van der Waals surface area contributed by atoms with Crippen molar-refractivity contribution in [2.24, 2.45) is 0 Å². The van der Waals surface area contributed by atoms with Crippen molar-refractivity contribution in [3.8, 4) is 33.8 Å². The van der Waals surface area contributed by atoms with Crippen LogP contribution in [0.5, 0.6) is 11.5 Å². The summed E-state index contributed by atoms with van der Waals surface area (Å²) in [4.78, 5) is 0. The molecule has 0 aromatic heterocycles. The zero-order chi connectivity index (χ0) is 25.8. The molecule has 2 nitrogen and oxygen atoms in total. The van der Waals surface area contributed by atoms with Gasteiger partial charge in [-0.15, -0.1) is 0 Å². The largest absolute Gasteiger partial charge is 0.508 e. The average molecular weight is 483 g/mol. The van der Waals surface area contributed by atoms with Gasteiger partial charge in [-0.1, -0.05) is 111 Å². The highest BCUT2D eigenvalue weighted by Crippen LogP contribution is 2.45. The van der Waals surface area contributed by atoms with E-state index in [1.807, 2.05) is 18.2 Å². The fourth-order valence-electron chi connectivity index (χ4n) is 5.80. The van der Waals surface area contributed by atoms with Crippen LogP contribution < -0.4 is 0 Å². The smallest absolute Gasteiger partial charge is 0.124 e. The summed E-state index contributed by atoms with van der Waals surface area (Å²) in [7, 11) is 0. The molecule has 0 aliphatic heterocycles. The molecule has 4 bridgehead atoms. The molecule has 0 heterocycles. The molecule has 4 aliphatic rings. The van der Waals surface area contributed by atoms with Crippen molar-refractivity contribution in [1.82, 2.24) is 0 Å². The van der Waals surface area contributed by atoms with E-state index in [9.17, 15) is 10.2 Å². The van der Waals surface area contributed by atoms with Gasteiger partial charge in [0.05, 0.1) is 0 Å². The molecule has 2 heteroatoms. The van der Waals surface area contributed by atoms with Gasteiger partial charge >= 0.3 is 0 Å². The van der Waals surface area contributed by atoms with E-state index in [0.717, 1.165) is 27.8 Å². The summed E-state index contributed by atoms with van der Waals surface area (Å²) in [5.74, 6) is 0.577. The van der Waals surface area contributed by atoms with Crippen LogP contribution in [-0.4, -0.2) is 10.2 Å². The second kappa shape index (κ2) is 8.38. The highest BCUT2D eigenvalue weighted by molar-refractivity contribution is 5.88. The Bertz CT molecular complexity index is 1580. The van der Waals surface area contributed by atoms with Gasteiger partial charge in [-0.05, 0) is 69.6 Å². The fraction of sp³-hybridized carbons (Fsp3) is 0.143. The number of benzene rings is 5. The maximum atomic E-state index is 10.7. The van der Waals surface area contributed by atoms with Crippen LogP contribution in [0.15, 0.2) is 115 Å². The van der Waals surface area contributed by atoms with E-state index in [0.29, 0.717) is 5.75 Å². The first-order valence-corrected chi connectivity index (χ1v) is 12.7. The van der Waals surface area contributed by atoms with Gasteiger partial charge in [0, 0.05) is 16.4 Å². The quantitative estimate of drug-likeness (QED) is 0.271. The second-order valence-corrected chi connectivity index (χ2v) is 10.7. The molecule has 0 fully saturated rings. The van der Waals surface area contributed by atoms with Gasteiger partial charge in [-0.2, -0.15) is 0 Å². The third kappa shape index (κ3) is 3.64. The predicted octanol–water partition coefficient (Wildman–Crippen LogP) is 8.43. The van der Waals surface area contributed by atoms with Crippen molar-refractivity contribution >= 4 is 0 Å². The number of phenols is 2. The Morgan fingerprint density at radius 2 is 1.00 bits per heavy atom. The number of rotatable bonds is 3. The first kappa shape index (κ1) is 23.1. The number of phenolic OH excluding ortho intramolecular Hbond substituents is 2. The highest BCUT2D eigenvalue weighted by atomic mass is 16.3. The van der Waals surface area contributed by atoms with Crippen molar-refractivity contribution in [3.05, 3.63) is 143 Å². The summed E-state index contributed by atoms with van der Waals surface area (Å²) < 4.78 is 0. The number of aromatic hydroxyl groups is 2. The van der Waals surface area contributed by atoms with Crippen LogP contribution in [0.3, 0.4) is 0 Å². The molecule has 0 saturated carbocycles. The lowest BCUT2D eigenvalue weighted by atomic mass is 9.70. The zero-order valence-corrected chi connectivity index (χ0v) is 21.4. The Balaban J connectivity index is 1.48. The molecule has 5 aromatic rings. The molecule has 0 amide bonds. The molecule has 0 spiro atoms. The van der Waals surface area contributed by atoms with E-state index in [1.165, 1.54) is 22.3 Å². The monoisotopic (exact) mass is 482 g/mol. The molecule has 37 heavy (non-hydrogen) atoms. The molecule has 4 aliphatic carbocycles. The van der Waals surface area contributed by atoms with Gasteiger partial charge in [0.1, 0.15) is 11.5 Å². The van der Waals surface area contributed by atoms with Gasteiger partial charge < -0.3 is 10.2 Å². The normalized spacial score (nSPS) is 16.3. The maximum Gasteiger partial charge on any atom is 0.124 e. The fourth-order valence-corrected chi connectivity index (χ4v) is 5.80. The predicted molar refractivity (Wildman–Crippen MR) is 151 cm³/mol. The average Bonchev–Trinajstić information content (AvgIpc) is 2.97. The summed E-state index contributed by atoms with van der Waals surface area (Å²) in [6.07, 6.45) is 0. The van der Waals surface area contributed by atoms with E-state index >= 15 is 0 Å². The second-order valence-electron chi connectivity index (χ2n) is 10.7. The van der Waals surface area contributed by atoms with E-state index in [4.69, 9.17) is 0 Å². The topological polar surface area (TPSA) is 40.5 Å². The first-order chi connectivity index (χ1) is 17.8. The molecule has 0 saturated heterocycles. The highest BCUT2D eigenvalue weighted by Gasteiger charge is 2.33. The first-order valence-electron chi connectivity index (χ1n) is 12.7. The molecular weight excluding hydrogens is 452 g/mol. The van der Waals surface area contributed by atoms with Gasteiger partial charge in [0.2, 0.25) is 0 Å². The van der Waals surface area contributed by atoms with Crippen LogP contribution in [-0.2, 0) is 10.8 Å². The summed E-state index contributed by atoms with van der Waals surface area (Å²) in [6, 6.07) is 39.6. The summed E-state index contributed by atoms with van der Waals surface area (Å²) in [6.45, 7) is 6.72. The number of hydrogen-bond acceptors (Lipinski definition) is 2. The Morgan fingerprint density at radius 3 is 1.54 bits per heavy atom. The van der Waals surface area contributed by atoms with Crippen molar-refractivity contribution in [2.45, 2.75) is 31.6 Å². The van der Waals surface area contributed by atoms with Crippen LogP contribution >= 0.6 is 0 Å². The Morgan fingerprint density at radius 1 is 0.541 bits per heavy atom. The van der Waals surface area contributed by atoms with Gasteiger partial charge in [0.15, 0.2) is 0 Å². The summed E-state index contributed by atoms with van der Waals surface area (Å²) >= 11 is 0. The van der Waals surface area contributed by atoms with E-state index in [1.54, 1.807) is 18.2 Å². The molecule has 0 radical (unpaired) electrons. The molecular formula is C35H30O2. The summed E-state index contributed by atoms with van der Waals surface area (Å²) in [5, 5.41) is 20.5. The minimum Gasteiger partial charge on any atom is -0.508 e. The molecule has 1 unspecified atom stereocenters. The van der Waals surface area contributed by atoms with Crippen molar-refractivity contribution in [1.29, 1.82) is 0 Å². The van der Waals surface area contributed by atoms with Crippen LogP contribution in [0.2, 0.25) is 0 Å². The van der Waals surface area contributed by atoms with E-state index in [2.05, 4.69) is 99.6 Å². The van der Waals surface area contributed by atoms with Gasteiger partial charge in [0.25, 0.3) is 0 Å². The lowest BCUT2D eigenvalue weighted by Crippen LogP contribution is -2.26. The Hall–Kier alpha value is -4.30. The van der Waals surface area contributed by atoms with Crippen LogP contribution in [0.4, 0.5) is 0 Å². The maximum absolute atomic E-state index is 10.7. The summed E-state index contributed by atoms with van der Waals surface area (Å²) in [5.41, 5.74) is 9.48. The molecule has 9 rings (SSSR count). The van der Waals surface area contributed by atoms with Crippen LogP contribution in [0, 0.1) is 0 Å². The lowest BCUT2D eigenvalue weighted by Gasteiger charge is -2.33. The third-order valence-electron chi connectivity index (χ3n) is 8.34. The number of hydrogen-bond donors (Lipinski definition) is 2. The third-order valence-corrected chi connectivity index (χ3v) is 8.34. The van der Waals surface area contributed by atoms with Crippen LogP contribution in [0.25, 0.3) is 22.3 Å². The van der Waals surface area contributed by atoms with E-state index < -0.39 is 0 Å². The molecule has 2 N–H and O–H groups in total. The SMILES string of the molecule is CC(C)(c1ccc(O)cc1)c1ccc(C2(C)c3ccc(cc3)-c3cccc(O)c3-c3ccc2cc3)cc1. The lowest BCUT2D eigenvalue weighted by molar-refractivity contribution is 0.474. The van der Waals surface area contributed by atoms with E-state index in [-0.39, 0.29) is 16.6 Å². The standard InChI is InChI=1S/C35H30O2/c1-34(2,26-19-21-30(36)22-20-26)25-15-17-29(18-16-25)35(3)27-11-7-23(8-12-27)31-5-4-6-32(37)33(31)24-9-13-28(35)14-10-24/h4-22,36-37H,1-3H3. The Labute approximate surface area is 218 Å². The minimum atomic E-state index is -0.350. The minimum absolute atomic E-state index is 0.196. The van der Waals surface area contributed by atoms with Crippen LogP contribution in [0.1, 0.15) is 48.6 Å². The zero-order valence-electron chi connectivity index (χ0n) is 21.4. The van der Waals surface area contributed by atoms with Crippen molar-refractivity contribution in [3.63, 3.8) is 0 Å². The Kier molecular flexibility index (Phi) is 5.24. The van der Waals surface area contributed by atoms with Crippen molar-refractivity contribution in [2.75, 3.05) is 0 Å². The molecule has 1 atom stereocenters. The van der Waals surface area contributed by atoms with Crippen molar-refractivity contribution < 1.29 is 10.2 Å².